The van der Waals surface area contributed by atoms with E-state index in [1.165, 1.54) is 17.3 Å². The maximum absolute atomic E-state index is 5.84. The van der Waals surface area contributed by atoms with Gasteiger partial charge >= 0.3 is 0 Å². The summed E-state index contributed by atoms with van der Waals surface area (Å²) in [4.78, 5) is 5.24. The highest BCUT2D eigenvalue weighted by Crippen LogP contribution is 2.32. The number of halogens is 1. The van der Waals surface area contributed by atoms with Crippen molar-refractivity contribution >= 4 is 27.7 Å². The first-order valence-corrected chi connectivity index (χ1v) is 6.87. The van der Waals surface area contributed by atoms with Crippen LogP contribution in [0.1, 0.15) is 12.5 Å². The van der Waals surface area contributed by atoms with Gasteiger partial charge in [-0.2, -0.15) is 0 Å². The van der Waals surface area contributed by atoms with Crippen LogP contribution in [0.2, 0.25) is 0 Å². The highest BCUT2D eigenvalue weighted by atomic mass is 79.9. The molecule has 0 bridgehead atoms. The van der Waals surface area contributed by atoms with E-state index < -0.39 is 0 Å². The van der Waals surface area contributed by atoms with Crippen molar-refractivity contribution in [1.82, 2.24) is 4.98 Å². The molecule has 2 rings (SSSR count). The second-order valence-electron chi connectivity index (χ2n) is 3.83. The van der Waals surface area contributed by atoms with Crippen LogP contribution in [-0.2, 0) is 6.42 Å². The molecule has 1 aromatic heterocycles. The summed E-state index contributed by atoms with van der Waals surface area (Å²) in [6, 6.07) is 6.31. The van der Waals surface area contributed by atoms with Gasteiger partial charge < -0.3 is 10.2 Å². The Bertz CT molecular complexity index is 485. The lowest BCUT2D eigenvalue weighted by Gasteiger charge is -2.10. The Hall–Kier alpha value is -0.780. The van der Waals surface area contributed by atoms with Gasteiger partial charge in [-0.25, -0.2) is 4.98 Å². The van der Waals surface area contributed by atoms with Gasteiger partial charge in [0.25, 0.3) is 5.22 Å². The maximum atomic E-state index is 5.84. The van der Waals surface area contributed by atoms with Gasteiger partial charge in [-0.3, -0.25) is 0 Å². The van der Waals surface area contributed by atoms with Crippen molar-refractivity contribution < 1.29 is 4.42 Å². The van der Waals surface area contributed by atoms with Crippen molar-refractivity contribution in [3.63, 3.8) is 0 Å². The van der Waals surface area contributed by atoms with Crippen LogP contribution in [-0.4, -0.2) is 11.0 Å². The molecule has 0 aliphatic carbocycles. The van der Waals surface area contributed by atoms with Crippen molar-refractivity contribution in [2.24, 2.45) is 5.73 Å². The Morgan fingerprint density at radius 3 is 3.00 bits per heavy atom. The molecule has 90 valence electrons. The minimum Gasteiger partial charge on any atom is -0.440 e. The number of oxazole rings is 1. The van der Waals surface area contributed by atoms with E-state index in [0.717, 1.165) is 15.8 Å². The second-order valence-corrected chi connectivity index (χ2v) is 5.74. The third-order valence-electron chi connectivity index (χ3n) is 2.18. The van der Waals surface area contributed by atoms with Crippen LogP contribution >= 0.6 is 27.7 Å². The highest BCUT2D eigenvalue weighted by molar-refractivity contribution is 9.10. The van der Waals surface area contributed by atoms with E-state index in [4.69, 9.17) is 10.2 Å². The Morgan fingerprint density at radius 2 is 2.35 bits per heavy atom. The number of nitrogens with two attached hydrogens (primary N) is 1. The van der Waals surface area contributed by atoms with E-state index in [2.05, 4.69) is 33.0 Å². The molecule has 1 aromatic carbocycles. The topological polar surface area (TPSA) is 52.0 Å². The van der Waals surface area contributed by atoms with Crippen molar-refractivity contribution in [1.29, 1.82) is 0 Å². The minimum atomic E-state index is 0.139. The fraction of sp³-hybridized carbons (Fsp3) is 0.250. The molecule has 0 spiro atoms. The standard InChI is InChI=1S/C12H13BrN2OS/c1-8(14)6-9-2-3-10(13)7-11(9)17-12-15-4-5-16-12/h2-5,7-8H,6,14H2,1H3. The van der Waals surface area contributed by atoms with Gasteiger partial charge in [-0.1, -0.05) is 22.0 Å². The zero-order valence-corrected chi connectivity index (χ0v) is 11.8. The fourth-order valence-corrected chi connectivity index (χ4v) is 2.88. The van der Waals surface area contributed by atoms with Gasteiger partial charge in [-0.15, -0.1) is 0 Å². The summed E-state index contributed by atoms with van der Waals surface area (Å²) >= 11 is 4.98. The summed E-state index contributed by atoms with van der Waals surface area (Å²) in [6.45, 7) is 2.00. The van der Waals surface area contributed by atoms with E-state index in [1.807, 2.05) is 13.0 Å². The molecule has 0 saturated carbocycles. The maximum Gasteiger partial charge on any atom is 0.260 e. The number of hydrogen-bond acceptors (Lipinski definition) is 4. The van der Waals surface area contributed by atoms with Crippen molar-refractivity contribution in [2.75, 3.05) is 0 Å². The Labute approximate surface area is 113 Å². The van der Waals surface area contributed by atoms with Crippen LogP contribution in [0.25, 0.3) is 0 Å². The summed E-state index contributed by atoms with van der Waals surface area (Å²) in [7, 11) is 0. The first-order valence-electron chi connectivity index (χ1n) is 5.26. The largest absolute Gasteiger partial charge is 0.440 e. The van der Waals surface area contributed by atoms with E-state index in [1.54, 1.807) is 12.5 Å². The molecule has 1 heterocycles. The first-order chi connectivity index (χ1) is 8.15. The smallest absolute Gasteiger partial charge is 0.260 e. The average Bonchev–Trinajstić information content (AvgIpc) is 2.74. The number of rotatable bonds is 4. The van der Waals surface area contributed by atoms with Crippen LogP contribution < -0.4 is 5.73 Å². The molecule has 2 N–H and O–H groups in total. The second kappa shape index (κ2) is 5.71. The summed E-state index contributed by atoms with van der Waals surface area (Å²) < 4.78 is 6.28. The Balaban J connectivity index is 2.26. The monoisotopic (exact) mass is 312 g/mol. The van der Waals surface area contributed by atoms with Crippen LogP contribution in [0, 0.1) is 0 Å². The molecule has 2 aromatic rings. The number of hydrogen-bond donors (Lipinski definition) is 1. The summed E-state index contributed by atoms with van der Waals surface area (Å²) in [5.41, 5.74) is 7.06. The molecule has 0 radical (unpaired) electrons. The number of nitrogens with zero attached hydrogens (tertiary/aromatic N) is 1. The normalized spacial score (nSPS) is 12.6. The first kappa shape index (κ1) is 12.7. The molecule has 5 heteroatoms. The lowest BCUT2D eigenvalue weighted by Crippen LogP contribution is -2.18. The molecule has 1 unspecified atom stereocenters. The number of benzene rings is 1. The molecular formula is C12H13BrN2OS. The summed E-state index contributed by atoms with van der Waals surface area (Å²) in [5.74, 6) is 0. The third kappa shape index (κ3) is 3.59. The quantitative estimate of drug-likeness (QED) is 0.939. The predicted octanol–water partition coefficient (Wildman–Crippen LogP) is 3.48. The van der Waals surface area contributed by atoms with Crippen LogP contribution in [0.15, 0.2) is 49.7 Å². The van der Waals surface area contributed by atoms with E-state index in [-0.39, 0.29) is 6.04 Å². The third-order valence-corrected chi connectivity index (χ3v) is 3.65. The van der Waals surface area contributed by atoms with Crippen LogP contribution in [0.5, 0.6) is 0 Å². The molecule has 17 heavy (non-hydrogen) atoms. The van der Waals surface area contributed by atoms with Gasteiger partial charge in [0.1, 0.15) is 6.26 Å². The number of aromatic nitrogens is 1. The lowest BCUT2D eigenvalue weighted by atomic mass is 10.1. The SMILES string of the molecule is CC(N)Cc1ccc(Br)cc1Sc1ncco1. The molecule has 3 nitrogen and oxygen atoms in total. The molecule has 0 fully saturated rings. The summed E-state index contributed by atoms with van der Waals surface area (Å²) in [5, 5.41) is 0.647. The predicted molar refractivity (Wildman–Crippen MR) is 72.1 cm³/mol. The summed E-state index contributed by atoms with van der Waals surface area (Å²) in [6.07, 6.45) is 4.06. The fourth-order valence-electron chi connectivity index (χ4n) is 1.49. The zero-order valence-electron chi connectivity index (χ0n) is 9.39. The molecule has 1 atom stereocenters. The van der Waals surface area contributed by atoms with Crippen molar-refractivity contribution in [3.8, 4) is 0 Å². The lowest BCUT2D eigenvalue weighted by molar-refractivity contribution is 0.454. The van der Waals surface area contributed by atoms with Crippen LogP contribution in [0.4, 0.5) is 0 Å². The minimum absolute atomic E-state index is 0.139. The average molecular weight is 313 g/mol. The van der Waals surface area contributed by atoms with E-state index >= 15 is 0 Å². The zero-order chi connectivity index (χ0) is 12.3. The molecule has 0 aliphatic rings. The van der Waals surface area contributed by atoms with Gasteiger partial charge in [-0.05, 0) is 42.8 Å². The molecule has 0 aliphatic heterocycles. The Morgan fingerprint density at radius 1 is 1.53 bits per heavy atom. The van der Waals surface area contributed by atoms with Crippen molar-refractivity contribution in [2.45, 2.75) is 29.5 Å². The van der Waals surface area contributed by atoms with Gasteiger partial charge in [0.05, 0.1) is 6.20 Å². The molecule has 0 saturated heterocycles. The van der Waals surface area contributed by atoms with E-state index in [9.17, 15) is 0 Å². The van der Waals surface area contributed by atoms with Crippen molar-refractivity contribution in [3.05, 3.63) is 40.7 Å². The van der Waals surface area contributed by atoms with Gasteiger partial charge in [0.15, 0.2) is 0 Å². The van der Waals surface area contributed by atoms with Gasteiger partial charge in [0.2, 0.25) is 0 Å². The van der Waals surface area contributed by atoms with E-state index in [0.29, 0.717) is 5.22 Å². The van der Waals surface area contributed by atoms with Gasteiger partial charge in [0, 0.05) is 15.4 Å². The Kier molecular flexibility index (Phi) is 4.25. The molecule has 0 amide bonds. The molecular weight excluding hydrogens is 300 g/mol. The van der Waals surface area contributed by atoms with Crippen LogP contribution in [0.3, 0.4) is 0 Å². The highest BCUT2D eigenvalue weighted by Gasteiger charge is 2.09.